The number of aryl methyl sites for hydroxylation is 1. The fourth-order valence-corrected chi connectivity index (χ4v) is 8.85. The number of imidazole rings is 1. The molecule has 3 saturated heterocycles. The van der Waals surface area contributed by atoms with Crippen molar-refractivity contribution in [3.05, 3.63) is 66.0 Å². The zero-order valence-corrected chi connectivity index (χ0v) is 23.6. The normalized spacial score (nSPS) is 27.4. The third-order valence-electron chi connectivity index (χ3n) is 11.0. The molecule has 2 aromatic carbocycles. The number of aromatic nitrogens is 2. The first-order valence-corrected chi connectivity index (χ1v) is 15.6. The Balaban J connectivity index is 1.06. The number of likely N-dealkylation sites (tertiary alicyclic amines) is 1. The smallest absolute Gasteiger partial charge is 0.225 e. The lowest BCUT2D eigenvalue weighted by atomic mass is 9.70. The van der Waals surface area contributed by atoms with Gasteiger partial charge in [0.15, 0.2) is 0 Å². The summed E-state index contributed by atoms with van der Waals surface area (Å²) in [6.07, 6.45) is 13.2. The third kappa shape index (κ3) is 4.61. The Hall–Kier alpha value is -2.66. The van der Waals surface area contributed by atoms with E-state index in [0.717, 1.165) is 50.1 Å². The van der Waals surface area contributed by atoms with Crippen molar-refractivity contribution in [2.24, 2.45) is 5.92 Å². The number of para-hydroxylation sites is 2. The van der Waals surface area contributed by atoms with E-state index in [-0.39, 0.29) is 5.41 Å². The van der Waals surface area contributed by atoms with Crippen molar-refractivity contribution in [1.82, 2.24) is 19.4 Å². The molecular formula is C34H44N4O. The molecule has 1 saturated carbocycles. The molecule has 3 aromatic rings. The maximum atomic E-state index is 13.2. The lowest BCUT2D eigenvalue weighted by Gasteiger charge is -2.46. The molecule has 0 radical (unpaired) electrons. The van der Waals surface area contributed by atoms with Gasteiger partial charge in [0.25, 0.3) is 0 Å². The summed E-state index contributed by atoms with van der Waals surface area (Å²) in [6.45, 7) is 5.21. The van der Waals surface area contributed by atoms with Crippen molar-refractivity contribution in [3.8, 4) is 0 Å². The highest BCUT2D eigenvalue weighted by atomic mass is 16.2. The first-order chi connectivity index (χ1) is 19.1. The Labute approximate surface area is 233 Å². The molecular weight excluding hydrogens is 480 g/mol. The van der Waals surface area contributed by atoms with Crippen LogP contribution in [0.15, 0.2) is 54.6 Å². The second-order valence-corrected chi connectivity index (χ2v) is 13.0. The van der Waals surface area contributed by atoms with Gasteiger partial charge in [0.2, 0.25) is 5.91 Å². The number of fused-ring (bicyclic) bond motifs is 3. The minimum absolute atomic E-state index is 0.182. The van der Waals surface area contributed by atoms with Crippen LogP contribution in [0.1, 0.15) is 88.1 Å². The van der Waals surface area contributed by atoms with Crippen LogP contribution in [0.5, 0.6) is 0 Å². The van der Waals surface area contributed by atoms with E-state index in [9.17, 15) is 4.79 Å². The second kappa shape index (κ2) is 10.4. The summed E-state index contributed by atoms with van der Waals surface area (Å²) in [4.78, 5) is 23.2. The number of piperidine rings is 2. The molecule has 4 aliphatic rings. The molecule has 206 valence electrons. The molecule has 2 bridgehead atoms. The van der Waals surface area contributed by atoms with Crippen LogP contribution in [-0.2, 0) is 10.2 Å². The molecule has 3 aliphatic heterocycles. The standard InChI is InChI=1S/C34H44N4O/c1-25-35-31-13-7-8-14-32(31)38(25)30-23-28-15-16-29(24-30)37(28)22-19-34(27-11-3-2-4-12-27)17-20-36(21-18-34)33(39)26-9-5-6-10-26/h2-4,7-8,11-14,26,28-30H,5-6,9-10,15-24H2,1H3/t28-,29+,30-. The monoisotopic (exact) mass is 524 g/mol. The minimum Gasteiger partial charge on any atom is -0.342 e. The van der Waals surface area contributed by atoms with Crippen molar-refractivity contribution in [1.29, 1.82) is 0 Å². The largest absolute Gasteiger partial charge is 0.342 e. The average molecular weight is 525 g/mol. The fraction of sp³-hybridized carbons (Fsp3) is 0.588. The van der Waals surface area contributed by atoms with Gasteiger partial charge in [0.05, 0.1) is 11.0 Å². The highest BCUT2D eigenvalue weighted by Crippen LogP contribution is 2.45. The Bertz CT molecular complexity index is 1290. The van der Waals surface area contributed by atoms with Crippen molar-refractivity contribution >= 4 is 16.9 Å². The van der Waals surface area contributed by atoms with E-state index in [0.29, 0.717) is 30.0 Å². The van der Waals surface area contributed by atoms with Gasteiger partial charge in [-0.05, 0) is 94.4 Å². The van der Waals surface area contributed by atoms with Crippen molar-refractivity contribution in [2.75, 3.05) is 19.6 Å². The summed E-state index contributed by atoms with van der Waals surface area (Å²) >= 11 is 0. The third-order valence-corrected chi connectivity index (χ3v) is 11.0. The van der Waals surface area contributed by atoms with E-state index < -0.39 is 0 Å². The molecule has 3 atom stereocenters. The van der Waals surface area contributed by atoms with Crippen LogP contribution in [0.4, 0.5) is 0 Å². The van der Waals surface area contributed by atoms with E-state index in [2.05, 4.69) is 75.9 Å². The molecule has 1 amide bonds. The maximum absolute atomic E-state index is 13.2. The fourth-order valence-electron chi connectivity index (χ4n) is 8.85. The van der Waals surface area contributed by atoms with Gasteiger partial charge in [0.1, 0.15) is 5.82 Å². The van der Waals surface area contributed by atoms with Gasteiger partial charge in [-0.15, -0.1) is 0 Å². The van der Waals surface area contributed by atoms with Gasteiger partial charge in [-0.2, -0.15) is 0 Å². The zero-order chi connectivity index (χ0) is 26.4. The number of rotatable bonds is 6. The molecule has 0 spiro atoms. The number of amides is 1. The summed E-state index contributed by atoms with van der Waals surface area (Å²) in [7, 11) is 0. The molecule has 0 N–H and O–H groups in total. The number of benzene rings is 2. The number of hydrogen-bond acceptors (Lipinski definition) is 3. The number of carbonyl (C=O) groups is 1. The van der Waals surface area contributed by atoms with Crippen LogP contribution in [0.25, 0.3) is 11.0 Å². The van der Waals surface area contributed by atoms with Crippen molar-refractivity contribution in [2.45, 2.75) is 101 Å². The van der Waals surface area contributed by atoms with Gasteiger partial charge < -0.3 is 9.47 Å². The molecule has 7 rings (SSSR count). The molecule has 1 aliphatic carbocycles. The highest BCUT2D eigenvalue weighted by Gasteiger charge is 2.44. The number of hydrogen-bond donors (Lipinski definition) is 0. The number of nitrogens with zero attached hydrogens (tertiary/aromatic N) is 4. The predicted octanol–water partition coefficient (Wildman–Crippen LogP) is 6.65. The predicted molar refractivity (Wildman–Crippen MR) is 157 cm³/mol. The molecule has 4 fully saturated rings. The van der Waals surface area contributed by atoms with E-state index in [1.165, 1.54) is 62.6 Å². The molecule has 1 aromatic heterocycles. The van der Waals surface area contributed by atoms with E-state index in [1.54, 1.807) is 0 Å². The van der Waals surface area contributed by atoms with Gasteiger partial charge in [-0.3, -0.25) is 9.69 Å². The Morgan fingerprint density at radius 1 is 0.872 bits per heavy atom. The maximum Gasteiger partial charge on any atom is 0.225 e. The summed E-state index contributed by atoms with van der Waals surface area (Å²) < 4.78 is 2.54. The average Bonchev–Trinajstić information content (AvgIpc) is 3.68. The van der Waals surface area contributed by atoms with Crippen molar-refractivity contribution in [3.63, 3.8) is 0 Å². The van der Waals surface area contributed by atoms with E-state index in [4.69, 9.17) is 4.98 Å². The van der Waals surface area contributed by atoms with Gasteiger partial charge in [-0.25, -0.2) is 4.98 Å². The zero-order valence-electron chi connectivity index (χ0n) is 23.6. The summed E-state index contributed by atoms with van der Waals surface area (Å²) in [5, 5.41) is 0. The van der Waals surface area contributed by atoms with E-state index >= 15 is 0 Å². The molecule has 5 nitrogen and oxygen atoms in total. The van der Waals surface area contributed by atoms with E-state index in [1.807, 2.05) is 0 Å². The van der Waals surface area contributed by atoms with Gasteiger partial charge in [-0.1, -0.05) is 55.3 Å². The first-order valence-electron chi connectivity index (χ1n) is 15.6. The molecule has 4 heterocycles. The first kappa shape index (κ1) is 25.3. The molecule has 0 unspecified atom stereocenters. The van der Waals surface area contributed by atoms with Gasteiger partial charge >= 0.3 is 0 Å². The quantitative estimate of drug-likeness (QED) is 0.362. The van der Waals surface area contributed by atoms with Crippen LogP contribution < -0.4 is 0 Å². The Morgan fingerprint density at radius 2 is 1.54 bits per heavy atom. The Kier molecular flexibility index (Phi) is 6.74. The number of carbonyl (C=O) groups excluding carboxylic acids is 1. The molecule has 5 heteroatoms. The lowest BCUT2D eigenvalue weighted by molar-refractivity contribution is -0.137. The van der Waals surface area contributed by atoms with Crippen LogP contribution in [0, 0.1) is 12.8 Å². The summed E-state index contributed by atoms with van der Waals surface area (Å²) in [5.41, 5.74) is 4.10. The SMILES string of the molecule is Cc1nc2ccccc2n1[C@@H]1C[C@H]2CC[C@@H](C1)N2CCC1(c2ccccc2)CCN(C(=O)C2CCCC2)CC1. The summed E-state index contributed by atoms with van der Waals surface area (Å²) in [6, 6.07) is 21.8. The Morgan fingerprint density at radius 3 is 2.26 bits per heavy atom. The molecule has 39 heavy (non-hydrogen) atoms. The van der Waals surface area contributed by atoms with Crippen LogP contribution in [-0.4, -0.2) is 57.0 Å². The lowest BCUT2D eigenvalue weighted by Crippen LogP contribution is -2.49. The van der Waals surface area contributed by atoms with Crippen LogP contribution >= 0.6 is 0 Å². The van der Waals surface area contributed by atoms with Crippen LogP contribution in [0.2, 0.25) is 0 Å². The van der Waals surface area contributed by atoms with Gasteiger partial charge in [0, 0.05) is 37.1 Å². The highest BCUT2D eigenvalue weighted by molar-refractivity contribution is 5.79. The second-order valence-electron chi connectivity index (χ2n) is 13.0. The van der Waals surface area contributed by atoms with Crippen LogP contribution in [0.3, 0.4) is 0 Å². The summed E-state index contributed by atoms with van der Waals surface area (Å²) in [5.74, 6) is 1.90. The van der Waals surface area contributed by atoms with Crippen molar-refractivity contribution < 1.29 is 4.79 Å². The minimum atomic E-state index is 0.182. The topological polar surface area (TPSA) is 41.4 Å².